The molecular formula is C12H16N4O4. The van der Waals surface area contributed by atoms with E-state index in [4.69, 9.17) is 10.3 Å². The van der Waals surface area contributed by atoms with Gasteiger partial charge in [-0.15, -0.1) is 0 Å². The van der Waals surface area contributed by atoms with Crippen molar-refractivity contribution < 1.29 is 18.8 Å². The summed E-state index contributed by atoms with van der Waals surface area (Å²) in [6.45, 7) is 1.84. The van der Waals surface area contributed by atoms with Gasteiger partial charge in [0, 0.05) is 7.05 Å². The van der Waals surface area contributed by atoms with Crippen LogP contribution < -0.4 is 11.3 Å². The quantitative estimate of drug-likeness (QED) is 0.419. The van der Waals surface area contributed by atoms with E-state index in [9.17, 15) is 14.4 Å². The smallest absolute Gasteiger partial charge is 0.268 e. The van der Waals surface area contributed by atoms with Gasteiger partial charge in [0.2, 0.25) is 11.8 Å². The summed E-state index contributed by atoms with van der Waals surface area (Å²) < 4.78 is 5.42. The molecule has 8 nitrogen and oxygen atoms in total. The van der Waals surface area contributed by atoms with Gasteiger partial charge >= 0.3 is 0 Å². The number of aryl methyl sites for hydroxylation is 1. The van der Waals surface area contributed by atoms with Crippen LogP contribution in [0, 0.1) is 6.92 Å². The summed E-state index contributed by atoms with van der Waals surface area (Å²) in [6, 6.07) is 1.52. The normalized spacial score (nSPS) is 15.8. The Morgan fingerprint density at radius 1 is 1.40 bits per heavy atom. The molecule has 1 aliphatic rings. The number of nitrogens with one attached hydrogen (secondary N) is 1. The van der Waals surface area contributed by atoms with Crippen molar-refractivity contribution in [1.82, 2.24) is 15.2 Å². The molecule has 0 unspecified atom stereocenters. The molecule has 1 aromatic rings. The first-order chi connectivity index (χ1) is 9.42. The molecular weight excluding hydrogens is 264 g/mol. The lowest BCUT2D eigenvalue weighted by atomic mass is 10.2. The molecule has 1 aliphatic heterocycles. The van der Waals surface area contributed by atoms with Crippen molar-refractivity contribution in [2.75, 3.05) is 20.1 Å². The molecule has 0 aromatic carbocycles. The van der Waals surface area contributed by atoms with E-state index in [1.54, 1.807) is 14.0 Å². The Kier molecular flexibility index (Phi) is 3.75. The highest BCUT2D eigenvalue weighted by molar-refractivity contribution is 5.95. The van der Waals surface area contributed by atoms with Crippen molar-refractivity contribution in [1.29, 1.82) is 0 Å². The molecule has 3 N–H and O–H groups in total. The number of hydrogen-bond acceptors (Lipinski definition) is 5. The molecule has 0 radical (unpaired) electrons. The molecule has 0 bridgehead atoms. The van der Waals surface area contributed by atoms with Crippen molar-refractivity contribution in [2.45, 2.75) is 13.5 Å². The third-order valence-corrected chi connectivity index (χ3v) is 3.17. The topological polar surface area (TPSA) is 109 Å². The zero-order valence-corrected chi connectivity index (χ0v) is 11.3. The van der Waals surface area contributed by atoms with Crippen LogP contribution in [0.5, 0.6) is 0 Å². The molecule has 0 spiro atoms. The van der Waals surface area contributed by atoms with Gasteiger partial charge in [-0.2, -0.15) is 0 Å². The fourth-order valence-electron chi connectivity index (χ4n) is 2.02. The summed E-state index contributed by atoms with van der Waals surface area (Å²) >= 11 is 0. The lowest BCUT2D eigenvalue weighted by Crippen LogP contribution is -2.51. The number of nitrogens with two attached hydrogens (primary N) is 1. The zero-order valence-electron chi connectivity index (χ0n) is 11.3. The number of nitrogen functional groups attached to an aromatic ring is 1. The monoisotopic (exact) mass is 280 g/mol. The van der Waals surface area contributed by atoms with E-state index in [1.165, 1.54) is 15.9 Å². The number of rotatable bonds is 3. The molecule has 2 rings (SSSR count). The number of carbonyl (C=O) groups excluding carboxylic acids is 3. The van der Waals surface area contributed by atoms with Crippen molar-refractivity contribution in [2.24, 2.45) is 5.84 Å². The number of hydrazine groups is 1. The SMILES string of the molecule is Cc1oc(CN2CC(=O)N(C)CC2=O)cc1C(=O)NN. The predicted octanol–water partition coefficient (Wildman–Crippen LogP) is -1.01. The number of amides is 3. The van der Waals surface area contributed by atoms with Crippen molar-refractivity contribution >= 4 is 17.7 Å². The summed E-state index contributed by atoms with van der Waals surface area (Å²) in [4.78, 5) is 37.6. The van der Waals surface area contributed by atoms with Crippen LogP contribution in [0.4, 0.5) is 0 Å². The van der Waals surface area contributed by atoms with Crippen LogP contribution in [0.1, 0.15) is 21.9 Å². The van der Waals surface area contributed by atoms with Crippen molar-refractivity contribution in [3.05, 3.63) is 23.2 Å². The second kappa shape index (κ2) is 5.33. The number of hydrogen-bond donors (Lipinski definition) is 2. The van der Waals surface area contributed by atoms with Crippen LogP contribution in [0.2, 0.25) is 0 Å². The zero-order chi connectivity index (χ0) is 14.9. The predicted molar refractivity (Wildman–Crippen MR) is 68.2 cm³/mol. The molecule has 0 atom stereocenters. The summed E-state index contributed by atoms with van der Waals surface area (Å²) in [5, 5.41) is 0. The van der Waals surface area contributed by atoms with E-state index in [-0.39, 0.29) is 31.4 Å². The van der Waals surface area contributed by atoms with E-state index < -0.39 is 5.91 Å². The summed E-state index contributed by atoms with van der Waals surface area (Å²) in [7, 11) is 1.58. The second-order valence-corrected chi connectivity index (χ2v) is 4.66. The van der Waals surface area contributed by atoms with Gasteiger partial charge in [-0.3, -0.25) is 19.8 Å². The fourth-order valence-corrected chi connectivity index (χ4v) is 2.02. The average Bonchev–Trinajstić information content (AvgIpc) is 2.76. The van der Waals surface area contributed by atoms with Crippen LogP contribution in [-0.2, 0) is 16.1 Å². The van der Waals surface area contributed by atoms with Gasteiger partial charge < -0.3 is 14.2 Å². The first-order valence-corrected chi connectivity index (χ1v) is 6.04. The molecule has 1 fully saturated rings. The molecule has 8 heteroatoms. The second-order valence-electron chi connectivity index (χ2n) is 4.66. The molecule has 108 valence electrons. The van der Waals surface area contributed by atoms with Crippen LogP contribution >= 0.6 is 0 Å². The summed E-state index contributed by atoms with van der Waals surface area (Å²) in [6.07, 6.45) is 0. The Balaban J connectivity index is 2.12. The molecule has 1 aromatic heterocycles. The van der Waals surface area contributed by atoms with Gasteiger partial charge in [-0.25, -0.2) is 5.84 Å². The lowest BCUT2D eigenvalue weighted by Gasteiger charge is -2.30. The maximum absolute atomic E-state index is 11.8. The Labute approximate surface area is 115 Å². The number of likely N-dealkylation sites (N-methyl/N-ethyl adjacent to an activating group) is 1. The molecule has 3 amide bonds. The fraction of sp³-hybridized carbons (Fsp3) is 0.417. The van der Waals surface area contributed by atoms with E-state index >= 15 is 0 Å². The van der Waals surface area contributed by atoms with Crippen LogP contribution in [-0.4, -0.2) is 47.7 Å². The van der Waals surface area contributed by atoms with Gasteiger partial charge in [0.1, 0.15) is 18.1 Å². The van der Waals surface area contributed by atoms with E-state index in [1.807, 2.05) is 5.43 Å². The molecule has 0 aliphatic carbocycles. The molecule has 0 saturated carbocycles. The highest BCUT2D eigenvalue weighted by atomic mass is 16.3. The Bertz CT molecular complexity index is 566. The first-order valence-electron chi connectivity index (χ1n) is 6.04. The highest BCUT2D eigenvalue weighted by Crippen LogP contribution is 2.17. The molecule has 2 heterocycles. The summed E-state index contributed by atoms with van der Waals surface area (Å²) in [5.41, 5.74) is 2.34. The minimum Gasteiger partial charge on any atom is -0.464 e. The number of nitrogens with zero attached hydrogens (tertiary/aromatic N) is 2. The number of piperazine rings is 1. The van der Waals surface area contributed by atoms with Crippen LogP contribution in [0.25, 0.3) is 0 Å². The number of carbonyl (C=O) groups is 3. The maximum atomic E-state index is 11.8. The van der Waals surface area contributed by atoms with Crippen molar-refractivity contribution in [3.63, 3.8) is 0 Å². The largest absolute Gasteiger partial charge is 0.464 e. The minimum atomic E-state index is -0.460. The average molecular weight is 280 g/mol. The van der Waals surface area contributed by atoms with Gasteiger partial charge in [-0.1, -0.05) is 0 Å². The Hall–Kier alpha value is -2.35. The van der Waals surface area contributed by atoms with Gasteiger partial charge in [-0.05, 0) is 13.0 Å². The summed E-state index contributed by atoms with van der Waals surface area (Å²) in [5.74, 6) is 5.16. The number of furan rings is 1. The van der Waals surface area contributed by atoms with Crippen LogP contribution in [0.3, 0.4) is 0 Å². The van der Waals surface area contributed by atoms with E-state index in [0.717, 1.165) is 0 Å². The third kappa shape index (κ3) is 2.64. The minimum absolute atomic E-state index is 0.00744. The van der Waals surface area contributed by atoms with Crippen LogP contribution in [0.15, 0.2) is 10.5 Å². The van der Waals surface area contributed by atoms with Gasteiger partial charge in [0.05, 0.1) is 18.7 Å². The maximum Gasteiger partial charge on any atom is 0.268 e. The Morgan fingerprint density at radius 2 is 2.10 bits per heavy atom. The van der Waals surface area contributed by atoms with Crippen molar-refractivity contribution in [3.8, 4) is 0 Å². The highest BCUT2D eigenvalue weighted by Gasteiger charge is 2.28. The molecule has 20 heavy (non-hydrogen) atoms. The lowest BCUT2D eigenvalue weighted by molar-refractivity contribution is -0.149. The third-order valence-electron chi connectivity index (χ3n) is 3.17. The van der Waals surface area contributed by atoms with E-state index in [2.05, 4.69) is 0 Å². The van der Waals surface area contributed by atoms with E-state index in [0.29, 0.717) is 17.1 Å². The molecule has 1 saturated heterocycles. The van der Waals surface area contributed by atoms with Gasteiger partial charge in [0.25, 0.3) is 5.91 Å². The standard InChI is InChI=1S/C12H16N4O4/c1-7-9(12(19)14-13)3-8(20-7)4-16-6-10(17)15(2)5-11(16)18/h3H,4-6,13H2,1-2H3,(H,14,19). The van der Waals surface area contributed by atoms with Gasteiger partial charge in [0.15, 0.2) is 0 Å². The Morgan fingerprint density at radius 3 is 2.75 bits per heavy atom. The first kappa shape index (κ1) is 14.1.